The Kier molecular flexibility index (Phi) is 18.7. The number of nitrogens with zero attached hydrogens (tertiary/aromatic N) is 3. The summed E-state index contributed by atoms with van der Waals surface area (Å²) in [6, 6.07) is 15.3. The molecule has 3 aromatic carbocycles. The van der Waals surface area contributed by atoms with Crippen LogP contribution in [0.25, 0.3) is 0 Å². The molecule has 0 heterocycles. The zero-order valence-electron chi connectivity index (χ0n) is 22.3. The van der Waals surface area contributed by atoms with Crippen molar-refractivity contribution >= 4 is 131 Å². The number of carbonyl (C=O) groups excluding carboxylic acids is 1. The van der Waals surface area contributed by atoms with E-state index in [1.54, 1.807) is 45.0 Å². The molecule has 0 aliphatic carbocycles. The van der Waals surface area contributed by atoms with E-state index in [4.69, 9.17) is 16.2 Å². The number of benzene rings is 3. The van der Waals surface area contributed by atoms with Gasteiger partial charge in [-0.15, -0.1) is 0 Å². The maximum absolute atomic E-state index is 11.5. The zero-order chi connectivity index (χ0) is 32.6. The normalized spacial score (nSPS) is 9.79. The first kappa shape index (κ1) is 39.6. The smallest absolute Gasteiger partial charge is 0.412 e. The van der Waals surface area contributed by atoms with E-state index >= 15 is 0 Å². The molecule has 0 aliphatic rings. The Hall–Kier alpha value is -2.35. The minimum absolute atomic E-state index is 0.0306. The van der Waals surface area contributed by atoms with E-state index < -0.39 is 26.5 Å². The largest absolute Gasteiger partial charge is 0.444 e. The second kappa shape index (κ2) is 19.8. The minimum atomic E-state index is -0.716. The summed E-state index contributed by atoms with van der Waals surface area (Å²) in [6.45, 7) is 5.15. The van der Waals surface area contributed by atoms with Crippen molar-refractivity contribution in [2.75, 3.05) is 19.2 Å². The number of nitro benzene ring substituents is 3. The van der Waals surface area contributed by atoms with Gasteiger partial charge in [-0.2, -0.15) is 0 Å². The number of ether oxygens (including phenoxy) is 1. The molecule has 0 radical (unpaired) electrons. The average molecular weight is 1030 g/mol. The minimum Gasteiger partial charge on any atom is -0.444 e. The summed E-state index contributed by atoms with van der Waals surface area (Å²) in [6.07, 6.45) is -0.716. The highest BCUT2D eigenvalue weighted by Gasteiger charge is 2.20. The molecule has 0 fully saturated rings. The molecular formula is C24H26I4N6O8. The molecule has 0 atom stereocenters. The van der Waals surface area contributed by atoms with Crippen molar-refractivity contribution in [2.24, 2.45) is 0 Å². The van der Waals surface area contributed by atoms with Crippen molar-refractivity contribution in [1.29, 1.82) is 0 Å². The average Bonchev–Trinajstić information content (AvgIpc) is 2.86. The topological polar surface area (TPSA) is 220 Å². The van der Waals surface area contributed by atoms with Crippen LogP contribution in [0.4, 0.5) is 38.9 Å². The van der Waals surface area contributed by atoms with E-state index in [0.29, 0.717) is 3.57 Å². The van der Waals surface area contributed by atoms with Crippen molar-refractivity contribution in [2.45, 2.75) is 26.4 Å². The van der Waals surface area contributed by atoms with Crippen LogP contribution in [-0.4, -0.2) is 28.9 Å². The number of para-hydroxylation sites is 2. The monoisotopic (exact) mass is 1030 g/mol. The third kappa shape index (κ3) is 16.3. The number of carbonyl (C=O) groups is 1. The second-order valence-electron chi connectivity index (χ2n) is 8.42. The molecule has 0 spiro atoms. The quantitative estimate of drug-likeness (QED) is 0.0746. The lowest BCUT2D eigenvalue weighted by Crippen LogP contribution is -2.27. The van der Waals surface area contributed by atoms with Gasteiger partial charge in [0.1, 0.15) is 22.7 Å². The van der Waals surface area contributed by atoms with Crippen molar-refractivity contribution in [3.63, 3.8) is 0 Å². The summed E-state index contributed by atoms with van der Waals surface area (Å²) in [7, 11) is 0. The number of rotatable bonds is 4. The predicted molar refractivity (Wildman–Crippen MR) is 196 cm³/mol. The number of hydrogen-bond donors (Lipinski definition) is 3. The molecule has 1 amide bonds. The van der Waals surface area contributed by atoms with Crippen LogP contribution < -0.4 is 16.8 Å². The molecule has 0 saturated heterocycles. The molecule has 0 bridgehead atoms. The van der Waals surface area contributed by atoms with Gasteiger partial charge < -0.3 is 16.2 Å². The highest BCUT2D eigenvalue weighted by molar-refractivity contribution is 14.2. The Morgan fingerprint density at radius 2 is 1.21 bits per heavy atom. The highest BCUT2D eigenvalue weighted by Crippen LogP contribution is 2.27. The first-order chi connectivity index (χ1) is 19.4. The maximum atomic E-state index is 11.5. The van der Waals surface area contributed by atoms with Gasteiger partial charge in [0.15, 0.2) is 0 Å². The van der Waals surface area contributed by atoms with Crippen LogP contribution in [0.5, 0.6) is 0 Å². The van der Waals surface area contributed by atoms with Gasteiger partial charge in [0.25, 0.3) is 17.1 Å². The van der Waals surface area contributed by atoms with Gasteiger partial charge in [-0.1, -0.05) is 57.3 Å². The Morgan fingerprint density at radius 3 is 1.62 bits per heavy atom. The summed E-state index contributed by atoms with van der Waals surface area (Å²) < 4.78 is 7.75. The van der Waals surface area contributed by atoms with Crippen LogP contribution in [0, 0.1) is 37.5 Å². The fourth-order valence-corrected chi connectivity index (χ4v) is 3.45. The molecule has 228 valence electrons. The molecule has 18 heteroatoms. The van der Waals surface area contributed by atoms with Crippen LogP contribution in [-0.2, 0) is 4.74 Å². The number of alkyl halides is 2. The molecular weight excluding hydrogens is 1010 g/mol. The third-order valence-corrected chi connectivity index (χ3v) is 5.46. The Balaban J connectivity index is 0.000000602. The molecule has 5 N–H and O–H groups in total. The fourth-order valence-electron chi connectivity index (χ4n) is 2.50. The molecule has 0 aromatic heterocycles. The highest BCUT2D eigenvalue weighted by atomic mass is 127. The number of nitrogens with two attached hydrogens (primary N) is 2. The van der Waals surface area contributed by atoms with Crippen LogP contribution in [0.2, 0.25) is 0 Å². The van der Waals surface area contributed by atoms with Crippen molar-refractivity contribution < 1.29 is 24.3 Å². The summed E-state index contributed by atoms with van der Waals surface area (Å²) in [5.41, 5.74) is 10.3. The Morgan fingerprint density at radius 1 is 0.786 bits per heavy atom. The fraction of sp³-hybridized carbons (Fsp3) is 0.208. The summed E-state index contributed by atoms with van der Waals surface area (Å²) in [5.74, 6) is 0. The summed E-state index contributed by atoms with van der Waals surface area (Å²) >= 11 is 8.51. The Labute approximate surface area is 295 Å². The number of nitrogen functional groups attached to an aromatic ring is 2. The molecule has 0 aliphatic heterocycles. The van der Waals surface area contributed by atoms with E-state index in [1.165, 1.54) is 38.8 Å². The predicted octanol–water partition coefficient (Wildman–Crippen LogP) is 8.32. The van der Waals surface area contributed by atoms with E-state index in [1.807, 2.05) is 45.2 Å². The Bertz CT molecular complexity index is 1390. The molecule has 0 unspecified atom stereocenters. The van der Waals surface area contributed by atoms with Crippen molar-refractivity contribution in [3.05, 3.63) is 98.1 Å². The first-order valence-corrected chi connectivity index (χ1v) is 16.4. The molecule has 3 aromatic rings. The van der Waals surface area contributed by atoms with Gasteiger partial charge in [0, 0.05) is 25.3 Å². The van der Waals surface area contributed by atoms with Gasteiger partial charge >= 0.3 is 6.09 Å². The lowest BCUT2D eigenvalue weighted by Gasteiger charge is -2.19. The van der Waals surface area contributed by atoms with Gasteiger partial charge in [-0.3, -0.25) is 35.7 Å². The maximum Gasteiger partial charge on any atom is 0.412 e. The second-order valence-corrected chi connectivity index (χ2v) is 15.4. The van der Waals surface area contributed by atoms with Crippen LogP contribution in [0.3, 0.4) is 0 Å². The van der Waals surface area contributed by atoms with Gasteiger partial charge in [0.05, 0.1) is 17.2 Å². The van der Waals surface area contributed by atoms with Gasteiger partial charge in [-0.05, 0) is 96.3 Å². The number of amides is 1. The van der Waals surface area contributed by atoms with E-state index in [9.17, 15) is 35.1 Å². The number of hydrogen-bond acceptors (Lipinski definition) is 10. The van der Waals surface area contributed by atoms with Crippen molar-refractivity contribution in [1.82, 2.24) is 0 Å². The third-order valence-electron chi connectivity index (χ3n) is 4.11. The molecule has 42 heavy (non-hydrogen) atoms. The van der Waals surface area contributed by atoms with E-state index in [-0.39, 0.29) is 34.1 Å². The van der Waals surface area contributed by atoms with Crippen LogP contribution in [0.15, 0.2) is 60.7 Å². The SMILES string of the molecule is CC(C)(C)OC(=O)Nc1ccc(I)cc1[N+](=O)[O-].ICI.Nc1ccc(I)cc1[N+](=O)[O-].Nc1ccccc1[N+](=O)[O-]. The number of nitro groups is 3. The first-order valence-electron chi connectivity index (χ1n) is 11.2. The standard InChI is InChI=1S/C11H13IN2O4.C6H5IN2O2.C6H6N2O2.CH2I2/c1-11(2,3)18-10(15)13-8-5-4-7(12)6-9(8)14(16)17;7-4-1-2-5(8)6(3-4)9(10)11;7-5-3-1-2-4-6(5)8(9)10;2-1-3/h4-6H,1-3H3,(H,13,15);1-3H,8H2;1-4H,7H2;1H2. The zero-order valence-corrected chi connectivity index (χ0v) is 30.9. The summed E-state index contributed by atoms with van der Waals surface area (Å²) in [5, 5.41) is 33.7. The molecule has 14 nitrogen and oxygen atoms in total. The van der Waals surface area contributed by atoms with Gasteiger partial charge in [-0.25, -0.2) is 4.79 Å². The van der Waals surface area contributed by atoms with Crippen molar-refractivity contribution in [3.8, 4) is 0 Å². The van der Waals surface area contributed by atoms with Crippen LogP contribution in [0.1, 0.15) is 20.8 Å². The summed E-state index contributed by atoms with van der Waals surface area (Å²) in [4.78, 5) is 41.3. The number of halogens is 4. The van der Waals surface area contributed by atoms with E-state index in [0.717, 1.165) is 3.57 Å². The number of nitrogens with one attached hydrogen (secondary N) is 1. The molecule has 3 rings (SSSR count). The lowest BCUT2D eigenvalue weighted by molar-refractivity contribution is -0.384. The lowest BCUT2D eigenvalue weighted by atomic mass is 10.2. The van der Waals surface area contributed by atoms with Gasteiger partial charge in [0.2, 0.25) is 0 Å². The number of anilines is 3. The van der Waals surface area contributed by atoms with E-state index in [2.05, 4.69) is 50.5 Å². The molecule has 0 saturated carbocycles. The van der Waals surface area contributed by atoms with Crippen LogP contribution >= 0.6 is 90.4 Å².